The first-order valence-electron chi connectivity index (χ1n) is 9.33. The van der Waals surface area contributed by atoms with Crippen molar-refractivity contribution in [1.82, 2.24) is 4.90 Å². The molecule has 162 valence electrons. The third kappa shape index (κ3) is 5.37. The zero-order chi connectivity index (χ0) is 22.5. The van der Waals surface area contributed by atoms with Crippen molar-refractivity contribution in [2.45, 2.75) is 20.0 Å². The molecular weight excluding hydrogens is 535 g/mol. The van der Waals surface area contributed by atoms with Crippen LogP contribution in [0.25, 0.3) is 6.08 Å². The predicted molar refractivity (Wildman–Crippen MR) is 126 cm³/mol. The molecule has 0 aliphatic carbocycles. The quantitative estimate of drug-likeness (QED) is 0.191. The lowest BCUT2D eigenvalue weighted by Crippen LogP contribution is -2.28. The first-order valence-corrected chi connectivity index (χ1v) is 11.2. The number of nitrogens with zero attached hydrogens (tertiary/aromatic N) is 2. The van der Waals surface area contributed by atoms with E-state index in [9.17, 15) is 19.7 Å². The van der Waals surface area contributed by atoms with Gasteiger partial charge in [0.25, 0.3) is 16.8 Å². The van der Waals surface area contributed by atoms with E-state index in [0.717, 1.165) is 20.9 Å². The maximum atomic E-state index is 12.5. The van der Waals surface area contributed by atoms with Crippen molar-refractivity contribution in [2.24, 2.45) is 0 Å². The van der Waals surface area contributed by atoms with Gasteiger partial charge in [-0.3, -0.25) is 24.6 Å². The third-order valence-corrected chi connectivity index (χ3v) is 6.11. The molecule has 3 rings (SSSR count). The van der Waals surface area contributed by atoms with E-state index in [1.807, 2.05) is 13.0 Å². The predicted octanol–water partition coefficient (Wildman–Crippen LogP) is 5.23. The minimum Gasteiger partial charge on any atom is -0.493 e. The van der Waals surface area contributed by atoms with Gasteiger partial charge in [0.15, 0.2) is 11.5 Å². The number of rotatable bonds is 8. The fourth-order valence-electron chi connectivity index (χ4n) is 2.90. The Bertz CT molecular complexity index is 1050. The van der Waals surface area contributed by atoms with E-state index in [1.165, 1.54) is 24.1 Å². The Hall–Kier alpha value is -2.60. The number of benzene rings is 2. The number of methoxy groups -OCH3 is 1. The fraction of sp³-hybridized carbons (Fsp3) is 0.238. The van der Waals surface area contributed by atoms with Crippen LogP contribution in [0.2, 0.25) is 0 Å². The van der Waals surface area contributed by atoms with Crippen LogP contribution < -0.4 is 9.47 Å². The molecule has 10 heteroatoms. The molecule has 2 aromatic rings. The van der Waals surface area contributed by atoms with Crippen LogP contribution in [-0.4, -0.2) is 34.6 Å². The van der Waals surface area contributed by atoms with Gasteiger partial charge in [0.2, 0.25) is 0 Å². The van der Waals surface area contributed by atoms with Crippen molar-refractivity contribution in [3.8, 4) is 11.5 Å². The molecule has 0 spiro atoms. The summed E-state index contributed by atoms with van der Waals surface area (Å²) in [5, 5.41) is 10.5. The van der Waals surface area contributed by atoms with Gasteiger partial charge in [0.1, 0.15) is 6.61 Å². The number of thioether (sulfide) groups is 1. The minimum atomic E-state index is -0.452. The Morgan fingerprint density at radius 1 is 1.23 bits per heavy atom. The van der Waals surface area contributed by atoms with E-state index in [-0.39, 0.29) is 23.4 Å². The molecule has 0 radical (unpaired) electrons. The van der Waals surface area contributed by atoms with Crippen molar-refractivity contribution in [3.05, 3.63) is 66.1 Å². The highest BCUT2D eigenvalue weighted by atomic mass is 127. The molecule has 0 N–H and O–H groups in total. The summed E-state index contributed by atoms with van der Waals surface area (Å²) in [6.45, 7) is 2.52. The second kappa shape index (κ2) is 10.1. The van der Waals surface area contributed by atoms with E-state index >= 15 is 0 Å². The van der Waals surface area contributed by atoms with Gasteiger partial charge >= 0.3 is 0 Å². The van der Waals surface area contributed by atoms with Crippen molar-refractivity contribution in [2.75, 3.05) is 13.7 Å². The van der Waals surface area contributed by atoms with Gasteiger partial charge in [-0.25, -0.2) is 0 Å². The summed E-state index contributed by atoms with van der Waals surface area (Å²) < 4.78 is 12.1. The highest BCUT2D eigenvalue weighted by Crippen LogP contribution is 2.37. The van der Waals surface area contributed by atoms with Crippen molar-refractivity contribution in [3.63, 3.8) is 0 Å². The van der Waals surface area contributed by atoms with Crippen LogP contribution >= 0.6 is 34.4 Å². The van der Waals surface area contributed by atoms with Crippen LogP contribution in [0.5, 0.6) is 11.5 Å². The molecule has 1 fully saturated rings. The lowest BCUT2D eigenvalue weighted by atomic mass is 10.1. The minimum absolute atomic E-state index is 0.0172. The van der Waals surface area contributed by atoms with Crippen LogP contribution in [0, 0.1) is 13.7 Å². The molecule has 0 aromatic heterocycles. The largest absolute Gasteiger partial charge is 0.493 e. The number of carbonyl (C=O) groups is 2. The van der Waals surface area contributed by atoms with Crippen molar-refractivity contribution < 1.29 is 24.0 Å². The van der Waals surface area contributed by atoms with E-state index in [1.54, 1.807) is 24.3 Å². The molecule has 1 saturated heterocycles. The Balaban J connectivity index is 1.79. The third-order valence-electron chi connectivity index (χ3n) is 4.40. The number of imide groups is 1. The van der Waals surface area contributed by atoms with E-state index in [2.05, 4.69) is 22.6 Å². The number of hydrogen-bond acceptors (Lipinski definition) is 7. The SMILES string of the molecule is CCCN1C(=O)S/C(=C/c2cc(I)c(OCc3ccc([N+](=O)[O-])cc3)c(OC)c2)C1=O. The zero-order valence-corrected chi connectivity index (χ0v) is 19.8. The van der Waals surface area contributed by atoms with E-state index in [4.69, 9.17) is 9.47 Å². The van der Waals surface area contributed by atoms with Crippen molar-refractivity contribution >= 4 is 57.3 Å². The zero-order valence-electron chi connectivity index (χ0n) is 16.8. The van der Waals surface area contributed by atoms with Gasteiger partial charge in [-0.05, 0) is 82.2 Å². The van der Waals surface area contributed by atoms with Gasteiger partial charge in [-0.2, -0.15) is 0 Å². The Labute approximate surface area is 196 Å². The van der Waals surface area contributed by atoms with Crippen LogP contribution in [-0.2, 0) is 11.4 Å². The second-order valence-corrected chi connectivity index (χ2v) is 8.74. The van der Waals surface area contributed by atoms with Gasteiger partial charge in [-0.15, -0.1) is 0 Å². The van der Waals surface area contributed by atoms with Gasteiger partial charge in [-0.1, -0.05) is 6.92 Å². The first-order chi connectivity index (χ1) is 14.8. The molecule has 8 nitrogen and oxygen atoms in total. The van der Waals surface area contributed by atoms with Gasteiger partial charge in [0.05, 0.1) is 20.5 Å². The molecule has 31 heavy (non-hydrogen) atoms. The van der Waals surface area contributed by atoms with Gasteiger partial charge < -0.3 is 9.47 Å². The number of ether oxygens (including phenoxy) is 2. The Kier molecular flexibility index (Phi) is 7.55. The average Bonchev–Trinajstić information content (AvgIpc) is 3.00. The summed E-state index contributed by atoms with van der Waals surface area (Å²) >= 11 is 3.04. The summed E-state index contributed by atoms with van der Waals surface area (Å²) in [6.07, 6.45) is 2.38. The number of nitro groups is 1. The summed E-state index contributed by atoms with van der Waals surface area (Å²) in [5.74, 6) is 0.717. The topological polar surface area (TPSA) is 99.0 Å². The number of non-ortho nitro benzene ring substituents is 1. The molecular formula is C21H19IN2O6S. The highest BCUT2D eigenvalue weighted by molar-refractivity contribution is 14.1. The average molecular weight is 554 g/mol. The van der Waals surface area contributed by atoms with Crippen LogP contribution in [0.4, 0.5) is 10.5 Å². The molecule has 0 atom stereocenters. The number of hydrogen-bond donors (Lipinski definition) is 0. The molecule has 0 bridgehead atoms. The van der Waals surface area contributed by atoms with Crippen LogP contribution in [0.15, 0.2) is 41.3 Å². The molecule has 1 aliphatic heterocycles. The summed E-state index contributed by atoms with van der Waals surface area (Å²) in [6, 6.07) is 9.70. The number of carbonyl (C=O) groups excluding carboxylic acids is 2. The summed E-state index contributed by atoms with van der Waals surface area (Å²) in [4.78, 5) is 36.4. The Morgan fingerprint density at radius 2 is 1.94 bits per heavy atom. The lowest BCUT2D eigenvalue weighted by Gasteiger charge is -2.14. The molecule has 0 unspecified atom stereocenters. The molecule has 1 heterocycles. The van der Waals surface area contributed by atoms with E-state index in [0.29, 0.717) is 34.9 Å². The second-order valence-electron chi connectivity index (χ2n) is 6.58. The number of nitro benzene ring substituents is 1. The van der Waals surface area contributed by atoms with Crippen LogP contribution in [0.3, 0.4) is 0 Å². The standard InChI is InChI=1S/C21H19IN2O6S/c1-3-8-23-20(25)18(31-21(23)26)11-14-9-16(22)19(17(10-14)29-2)30-12-13-4-6-15(7-5-13)24(27)28/h4-7,9-11H,3,8,12H2,1-2H3/b18-11+. The highest BCUT2D eigenvalue weighted by Gasteiger charge is 2.34. The van der Waals surface area contributed by atoms with Crippen molar-refractivity contribution in [1.29, 1.82) is 0 Å². The normalized spacial score (nSPS) is 14.9. The molecule has 1 aliphatic rings. The maximum Gasteiger partial charge on any atom is 0.293 e. The number of halogens is 1. The maximum absolute atomic E-state index is 12.5. The first kappa shape index (κ1) is 23.1. The lowest BCUT2D eigenvalue weighted by molar-refractivity contribution is -0.384. The molecule has 0 saturated carbocycles. The smallest absolute Gasteiger partial charge is 0.293 e. The molecule has 2 amide bonds. The van der Waals surface area contributed by atoms with E-state index < -0.39 is 4.92 Å². The summed E-state index contributed by atoms with van der Waals surface area (Å²) in [5.41, 5.74) is 1.51. The Morgan fingerprint density at radius 3 is 2.55 bits per heavy atom. The fourth-order valence-corrected chi connectivity index (χ4v) is 4.55. The van der Waals surface area contributed by atoms with Gasteiger partial charge in [0, 0.05) is 18.7 Å². The van der Waals surface area contributed by atoms with Crippen LogP contribution in [0.1, 0.15) is 24.5 Å². The summed E-state index contributed by atoms with van der Waals surface area (Å²) in [7, 11) is 1.52. The monoisotopic (exact) mass is 554 g/mol. The molecule has 2 aromatic carbocycles. The number of amides is 2.